The minimum absolute atomic E-state index is 0.105. The Labute approximate surface area is 110 Å². The summed E-state index contributed by atoms with van der Waals surface area (Å²) in [5, 5.41) is 14.0. The second kappa shape index (κ2) is 6.64. The van der Waals surface area contributed by atoms with Crippen LogP contribution in [0.4, 0.5) is 4.79 Å². The molecule has 6 heteroatoms. The Morgan fingerprint density at radius 3 is 2.29 bits per heavy atom. The average Bonchev–Trinajstić information content (AvgIpc) is 2.11. The third-order valence-corrected chi connectivity index (χ3v) is 2.45. The fourth-order valence-corrected chi connectivity index (χ4v) is 1.27. The van der Waals surface area contributed by atoms with Gasteiger partial charge in [-0.05, 0) is 5.41 Å². The molecular formula is C11H19BrN2O3. The van der Waals surface area contributed by atoms with E-state index in [1.54, 1.807) is 0 Å². The van der Waals surface area contributed by atoms with Crippen LogP contribution < -0.4 is 10.6 Å². The van der Waals surface area contributed by atoms with Gasteiger partial charge in [0.05, 0.1) is 13.0 Å². The van der Waals surface area contributed by atoms with Crippen LogP contribution in [0.1, 0.15) is 27.2 Å². The van der Waals surface area contributed by atoms with E-state index in [1.165, 1.54) is 0 Å². The molecule has 1 atom stereocenters. The van der Waals surface area contributed by atoms with Crippen LogP contribution in [0, 0.1) is 5.41 Å². The first-order valence-electron chi connectivity index (χ1n) is 5.22. The van der Waals surface area contributed by atoms with E-state index in [1.807, 2.05) is 20.8 Å². The van der Waals surface area contributed by atoms with Gasteiger partial charge in [0.2, 0.25) is 0 Å². The summed E-state index contributed by atoms with van der Waals surface area (Å²) < 4.78 is 0.651. The molecule has 0 spiro atoms. The Hall–Kier alpha value is -1.04. The van der Waals surface area contributed by atoms with Crippen LogP contribution in [0.15, 0.2) is 11.1 Å². The van der Waals surface area contributed by atoms with Gasteiger partial charge in [0.25, 0.3) is 0 Å². The highest BCUT2D eigenvalue weighted by molar-refractivity contribution is 9.11. The van der Waals surface area contributed by atoms with Crippen LogP contribution in [-0.2, 0) is 4.79 Å². The predicted octanol–water partition coefficient (Wildman–Crippen LogP) is 2.08. The highest BCUT2D eigenvalue weighted by Gasteiger charge is 2.28. The first-order valence-corrected chi connectivity index (χ1v) is 6.01. The van der Waals surface area contributed by atoms with E-state index in [9.17, 15) is 9.59 Å². The summed E-state index contributed by atoms with van der Waals surface area (Å²) in [5.41, 5.74) is -0.318. The second-order valence-electron chi connectivity index (χ2n) is 4.86. The zero-order valence-corrected chi connectivity index (χ0v) is 11.9. The van der Waals surface area contributed by atoms with Crippen molar-refractivity contribution in [3.8, 4) is 0 Å². The van der Waals surface area contributed by atoms with E-state index < -0.39 is 18.0 Å². The lowest BCUT2D eigenvalue weighted by Crippen LogP contribution is -2.49. The van der Waals surface area contributed by atoms with E-state index in [-0.39, 0.29) is 11.8 Å². The number of carboxylic acid groups (broad SMARTS) is 1. The van der Waals surface area contributed by atoms with Crippen LogP contribution in [-0.4, -0.2) is 29.7 Å². The van der Waals surface area contributed by atoms with Crippen molar-refractivity contribution in [3.63, 3.8) is 0 Å². The lowest BCUT2D eigenvalue weighted by molar-refractivity contribution is -0.138. The van der Waals surface area contributed by atoms with Crippen molar-refractivity contribution in [1.29, 1.82) is 0 Å². The number of carboxylic acids is 1. The van der Waals surface area contributed by atoms with Crippen molar-refractivity contribution in [1.82, 2.24) is 10.6 Å². The van der Waals surface area contributed by atoms with Crippen molar-refractivity contribution in [3.05, 3.63) is 11.1 Å². The van der Waals surface area contributed by atoms with E-state index in [0.29, 0.717) is 11.0 Å². The third-order valence-electron chi connectivity index (χ3n) is 2.17. The maximum absolute atomic E-state index is 11.5. The van der Waals surface area contributed by atoms with E-state index in [0.717, 1.165) is 0 Å². The minimum Gasteiger partial charge on any atom is -0.481 e. The second-order valence-corrected chi connectivity index (χ2v) is 5.98. The summed E-state index contributed by atoms with van der Waals surface area (Å²) in [6.45, 7) is 9.52. The fourth-order valence-electron chi connectivity index (χ4n) is 1.13. The fraction of sp³-hybridized carbons (Fsp3) is 0.636. The lowest BCUT2D eigenvalue weighted by Gasteiger charge is -2.30. The number of rotatable bonds is 5. The molecule has 5 nitrogen and oxygen atoms in total. The minimum atomic E-state index is -0.935. The molecule has 0 radical (unpaired) electrons. The summed E-state index contributed by atoms with van der Waals surface area (Å²) in [7, 11) is 0. The smallest absolute Gasteiger partial charge is 0.315 e. The Balaban J connectivity index is 4.38. The van der Waals surface area contributed by atoms with Gasteiger partial charge in [0.15, 0.2) is 0 Å². The van der Waals surface area contributed by atoms with Gasteiger partial charge in [-0.1, -0.05) is 43.3 Å². The number of hydrogen-bond donors (Lipinski definition) is 3. The van der Waals surface area contributed by atoms with Crippen LogP contribution in [0.5, 0.6) is 0 Å². The van der Waals surface area contributed by atoms with Gasteiger partial charge in [0, 0.05) is 10.5 Å². The monoisotopic (exact) mass is 306 g/mol. The van der Waals surface area contributed by atoms with Crippen LogP contribution in [0.2, 0.25) is 0 Å². The molecule has 0 aliphatic heterocycles. The predicted molar refractivity (Wildman–Crippen MR) is 70.1 cm³/mol. The molecule has 0 saturated carbocycles. The zero-order valence-electron chi connectivity index (χ0n) is 10.3. The molecule has 17 heavy (non-hydrogen) atoms. The van der Waals surface area contributed by atoms with Crippen molar-refractivity contribution >= 4 is 27.9 Å². The highest BCUT2D eigenvalue weighted by Crippen LogP contribution is 2.21. The first-order chi connectivity index (χ1) is 7.62. The summed E-state index contributed by atoms with van der Waals surface area (Å²) in [6, 6.07) is -0.824. The van der Waals surface area contributed by atoms with Gasteiger partial charge >= 0.3 is 12.0 Å². The van der Waals surface area contributed by atoms with E-state index >= 15 is 0 Å². The third kappa shape index (κ3) is 7.79. The van der Waals surface area contributed by atoms with Crippen molar-refractivity contribution < 1.29 is 14.7 Å². The van der Waals surface area contributed by atoms with Gasteiger partial charge in [-0.25, -0.2) is 4.79 Å². The highest BCUT2D eigenvalue weighted by atomic mass is 79.9. The summed E-state index contributed by atoms with van der Waals surface area (Å²) in [6.07, 6.45) is -0.105. The molecule has 0 heterocycles. The number of carbonyl (C=O) groups excluding carboxylic acids is 1. The molecule has 1 unspecified atom stereocenters. The molecule has 0 saturated heterocycles. The lowest BCUT2D eigenvalue weighted by atomic mass is 9.85. The van der Waals surface area contributed by atoms with Crippen LogP contribution >= 0.6 is 15.9 Å². The Morgan fingerprint density at radius 2 is 1.94 bits per heavy atom. The molecule has 0 aromatic rings. The molecule has 0 fully saturated rings. The van der Waals surface area contributed by atoms with Gasteiger partial charge in [-0.3, -0.25) is 4.79 Å². The molecule has 0 aromatic heterocycles. The standard InChI is InChI=1S/C11H19BrN2O3/c1-7(12)6-13-10(17)14-8(5-9(15)16)11(2,3)4/h8H,1,5-6H2,2-4H3,(H,15,16)(H2,13,14,17). The summed E-state index contributed by atoms with van der Waals surface area (Å²) >= 11 is 3.12. The van der Waals surface area contributed by atoms with E-state index in [4.69, 9.17) is 5.11 Å². The summed E-state index contributed by atoms with van der Waals surface area (Å²) in [5.74, 6) is -0.935. The van der Waals surface area contributed by atoms with Crippen molar-refractivity contribution in [2.45, 2.75) is 33.2 Å². The van der Waals surface area contributed by atoms with Crippen molar-refractivity contribution in [2.24, 2.45) is 5.41 Å². The maximum atomic E-state index is 11.5. The summed E-state index contributed by atoms with van der Waals surface area (Å²) in [4.78, 5) is 22.2. The number of carbonyl (C=O) groups is 2. The molecular weight excluding hydrogens is 288 g/mol. The van der Waals surface area contributed by atoms with Gasteiger partial charge in [-0.15, -0.1) is 0 Å². The number of aliphatic carboxylic acids is 1. The Kier molecular flexibility index (Phi) is 6.23. The first kappa shape index (κ1) is 16.0. The number of nitrogens with one attached hydrogen (secondary N) is 2. The number of amides is 2. The SMILES string of the molecule is C=C(Br)CNC(=O)NC(CC(=O)O)C(C)(C)C. The Bertz CT molecular complexity index is 310. The average molecular weight is 307 g/mol. The zero-order chi connectivity index (χ0) is 13.6. The molecule has 0 aliphatic carbocycles. The topological polar surface area (TPSA) is 78.4 Å². The van der Waals surface area contributed by atoms with E-state index in [2.05, 4.69) is 33.1 Å². The normalized spacial score (nSPS) is 12.7. The molecule has 0 aliphatic rings. The Morgan fingerprint density at radius 1 is 1.41 bits per heavy atom. The quantitative estimate of drug-likeness (QED) is 0.727. The van der Waals surface area contributed by atoms with Gasteiger partial charge < -0.3 is 15.7 Å². The number of hydrogen-bond acceptors (Lipinski definition) is 2. The van der Waals surface area contributed by atoms with Gasteiger partial charge in [-0.2, -0.15) is 0 Å². The molecule has 0 rings (SSSR count). The van der Waals surface area contributed by atoms with Crippen LogP contribution in [0.25, 0.3) is 0 Å². The number of urea groups is 1. The molecule has 98 valence electrons. The molecule has 2 amide bonds. The molecule has 0 bridgehead atoms. The number of halogens is 1. The maximum Gasteiger partial charge on any atom is 0.315 e. The largest absolute Gasteiger partial charge is 0.481 e. The van der Waals surface area contributed by atoms with Gasteiger partial charge in [0.1, 0.15) is 0 Å². The molecule has 0 aromatic carbocycles. The van der Waals surface area contributed by atoms with Crippen LogP contribution in [0.3, 0.4) is 0 Å². The molecule has 3 N–H and O–H groups in total. The van der Waals surface area contributed by atoms with Crippen molar-refractivity contribution in [2.75, 3.05) is 6.54 Å².